The highest BCUT2D eigenvalue weighted by molar-refractivity contribution is 7.12. The van der Waals surface area contributed by atoms with Crippen molar-refractivity contribution < 1.29 is 13.2 Å². The molecule has 166 valence electrons. The SMILES string of the molecule is Cc1nc(N2CCN(c3ccc(C#N)cc3)CC2)nc(=O)n1Cc1ccc(C(F)(F)F)s1. The summed E-state index contributed by atoms with van der Waals surface area (Å²) in [5.41, 5.74) is 1.09. The van der Waals surface area contributed by atoms with E-state index in [-0.39, 0.29) is 6.54 Å². The molecule has 0 radical (unpaired) electrons. The number of benzene rings is 1. The van der Waals surface area contributed by atoms with Crippen molar-refractivity contribution in [1.82, 2.24) is 14.5 Å². The molecule has 0 N–H and O–H groups in total. The van der Waals surface area contributed by atoms with Gasteiger partial charge < -0.3 is 9.80 Å². The minimum absolute atomic E-state index is 0.00182. The van der Waals surface area contributed by atoms with Crippen LogP contribution in [0.1, 0.15) is 21.1 Å². The molecule has 0 unspecified atom stereocenters. The van der Waals surface area contributed by atoms with Gasteiger partial charge in [-0.2, -0.15) is 28.4 Å². The van der Waals surface area contributed by atoms with Crippen LogP contribution in [-0.4, -0.2) is 40.7 Å². The minimum atomic E-state index is -4.40. The van der Waals surface area contributed by atoms with E-state index in [1.54, 1.807) is 19.1 Å². The van der Waals surface area contributed by atoms with E-state index < -0.39 is 16.7 Å². The molecule has 32 heavy (non-hydrogen) atoms. The third-order valence-electron chi connectivity index (χ3n) is 5.26. The predicted molar refractivity (Wildman–Crippen MR) is 115 cm³/mol. The average Bonchev–Trinajstić information content (AvgIpc) is 3.26. The molecule has 2 aromatic heterocycles. The van der Waals surface area contributed by atoms with E-state index in [9.17, 15) is 18.0 Å². The lowest BCUT2D eigenvalue weighted by Crippen LogP contribution is -2.48. The number of rotatable bonds is 4. The molecule has 7 nitrogen and oxygen atoms in total. The lowest BCUT2D eigenvalue weighted by atomic mass is 10.2. The van der Waals surface area contributed by atoms with E-state index in [0.717, 1.165) is 11.8 Å². The van der Waals surface area contributed by atoms with Gasteiger partial charge in [-0.1, -0.05) is 0 Å². The van der Waals surface area contributed by atoms with E-state index in [1.165, 1.54) is 10.6 Å². The van der Waals surface area contributed by atoms with Crippen molar-refractivity contribution >= 4 is 23.0 Å². The molecule has 0 bridgehead atoms. The molecule has 1 fully saturated rings. The summed E-state index contributed by atoms with van der Waals surface area (Å²) in [6, 6.07) is 11.9. The first kappa shape index (κ1) is 21.8. The number of hydrogen-bond acceptors (Lipinski definition) is 7. The Kier molecular flexibility index (Phi) is 5.88. The molecule has 1 aliphatic rings. The van der Waals surface area contributed by atoms with Crippen LogP contribution in [0.4, 0.5) is 24.8 Å². The standard InChI is InChI=1S/C21H19F3N6OS/c1-14-26-19(27-20(31)30(14)13-17-6-7-18(32-17)21(22,23)24)29-10-8-28(9-11-29)16-4-2-15(12-25)3-5-16/h2-7H,8-11,13H2,1H3. The molecule has 11 heteroatoms. The number of alkyl halides is 3. The number of thiophene rings is 1. The normalized spacial score (nSPS) is 14.5. The van der Waals surface area contributed by atoms with Gasteiger partial charge in [0.1, 0.15) is 10.7 Å². The number of nitrogens with zero attached hydrogens (tertiary/aromatic N) is 6. The maximum atomic E-state index is 12.8. The highest BCUT2D eigenvalue weighted by atomic mass is 32.1. The highest BCUT2D eigenvalue weighted by Crippen LogP contribution is 2.34. The van der Waals surface area contributed by atoms with Crippen LogP contribution in [0.25, 0.3) is 0 Å². The number of nitriles is 1. The van der Waals surface area contributed by atoms with Gasteiger partial charge in [0.25, 0.3) is 0 Å². The van der Waals surface area contributed by atoms with Crippen molar-refractivity contribution in [3.63, 3.8) is 0 Å². The molecule has 4 rings (SSSR count). The number of aromatic nitrogens is 3. The van der Waals surface area contributed by atoms with Crippen LogP contribution in [0, 0.1) is 18.3 Å². The Balaban J connectivity index is 1.45. The summed E-state index contributed by atoms with van der Waals surface area (Å²) >= 11 is 0.611. The molecule has 1 aliphatic heterocycles. The zero-order chi connectivity index (χ0) is 22.9. The highest BCUT2D eigenvalue weighted by Gasteiger charge is 2.32. The Morgan fingerprint density at radius 1 is 1.03 bits per heavy atom. The summed E-state index contributed by atoms with van der Waals surface area (Å²) in [5, 5.41) is 8.92. The second-order valence-electron chi connectivity index (χ2n) is 7.34. The molecule has 0 atom stereocenters. The Bertz CT molecular complexity index is 1200. The van der Waals surface area contributed by atoms with E-state index in [0.29, 0.717) is 59.7 Å². The van der Waals surface area contributed by atoms with Gasteiger partial charge in [-0.25, -0.2) is 4.79 Å². The van der Waals surface area contributed by atoms with Crippen LogP contribution in [0.2, 0.25) is 0 Å². The molecule has 1 aromatic carbocycles. The van der Waals surface area contributed by atoms with Gasteiger partial charge in [-0.15, -0.1) is 11.3 Å². The van der Waals surface area contributed by atoms with Crippen LogP contribution in [0.15, 0.2) is 41.2 Å². The van der Waals surface area contributed by atoms with E-state index in [2.05, 4.69) is 20.9 Å². The summed E-state index contributed by atoms with van der Waals surface area (Å²) in [7, 11) is 0. The fourth-order valence-electron chi connectivity index (χ4n) is 3.52. The van der Waals surface area contributed by atoms with Gasteiger partial charge in [0.2, 0.25) is 5.95 Å². The first-order valence-electron chi connectivity index (χ1n) is 9.86. The molecule has 3 aromatic rings. The number of hydrogen-bond donors (Lipinski definition) is 0. The molecule has 0 aliphatic carbocycles. The zero-order valence-corrected chi connectivity index (χ0v) is 17.9. The van der Waals surface area contributed by atoms with Crippen LogP contribution in [0.3, 0.4) is 0 Å². The molecule has 0 amide bonds. The predicted octanol–water partition coefficient (Wildman–Crippen LogP) is 3.27. The summed E-state index contributed by atoms with van der Waals surface area (Å²) in [6.45, 7) is 4.28. The van der Waals surface area contributed by atoms with Crippen molar-refractivity contribution in [3.8, 4) is 6.07 Å². The Morgan fingerprint density at radius 3 is 2.25 bits per heavy atom. The third-order valence-corrected chi connectivity index (χ3v) is 6.37. The van der Waals surface area contributed by atoms with Crippen LogP contribution < -0.4 is 15.5 Å². The maximum absolute atomic E-state index is 12.8. The lowest BCUT2D eigenvalue weighted by molar-refractivity contribution is -0.134. The van der Waals surface area contributed by atoms with Gasteiger partial charge in [-0.05, 0) is 43.3 Å². The minimum Gasteiger partial charge on any atom is -0.368 e. The van der Waals surface area contributed by atoms with E-state index in [4.69, 9.17) is 5.26 Å². The quantitative estimate of drug-likeness (QED) is 0.595. The van der Waals surface area contributed by atoms with Crippen molar-refractivity contribution in [2.75, 3.05) is 36.0 Å². The summed E-state index contributed by atoms with van der Waals surface area (Å²) in [5.74, 6) is 0.724. The Hall–Kier alpha value is -3.39. The van der Waals surface area contributed by atoms with Crippen molar-refractivity contribution in [2.24, 2.45) is 0 Å². The zero-order valence-electron chi connectivity index (χ0n) is 17.1. The van der Waals surface area contributed by atoms with E-state index >= 15 is 0 Å². The van der Waals surface area contributed by atoms with Crippen LogP contribution >= 0.6 is 11.3 Å². The number of piperazine rings is 1. The fourth-order valence-corrected chi connectivity index (χ4v) is 4.38. The monoisotopic (exact) mass is 460 g/mol. The van der Waals surface area contributed by atoms with Crippen molar-refractivity contribution in [2.45, 2.75) is 19.6 Å². The maximum Gasteiger partial charge on any atom is 0.425 e. The lowest BCUT2D eigenvalue weighted by Gasteiger charge is -2.36. The average molecular weight is 460 g/mol. The Morgan fingerprint density at radius 2 is 1.69 bits per heavy atom. The molecule has 3 heterocycles. The van der Waals surface area contributed by atoms with Gasteiger partial charge in [0.15, 0.2) is 0 Å². The van der Waals surface area contributed by atoms with Gasteiger partial charge in [0, 0.05) is 36.7 Å². The summed E-state index contributed by atoms with van der Waals surface area (Å²) in [6.07, 6.45) is -4.40. The number of anilines is 2. The fraction of sp³-hybridized carbons (Fsp3) is 0.333. The number of halogens is 3. The van der Waals surface area contributed by atoms with Crippen LogP contribution in [-0.2, 0) is 12.7 Å². The second-order valence-corrected chi connectivity index (χ2v) is 8.50. The van der Waals surface area contributed by atoms with Crippen LogP contribution in [0.5, 0.6) is 0 Å². The molecular weight excluding hydrogens is 441 g/mol. The molecular formula is C21H19F3N6OS. The Labute approximate surface area is 186 Å². The van der Waals surface area contributed by atoms with Crippen molar-refractivity contribution in [3.05, 3.63) is 68.0 Å². The topological polar surface area (TPSA) is 78.1 Å². The number of aryl methyl sites for hydroxylation is 1. The second kappa shape index (κ2) is 8.63. The first-order chi connectivity index (χ1) is 15.2. The largest absolute Gasteiger partial charge is 0.425 e. The smallest absolute Gasteiger partial charge is 0.368 e. The van der Waals surface area contributed by atoms with Gasteiger partial charge in [0.05, 0.1) is 18.2 Å². The third kappa shape index (κ3) is 4.60. The van der Waals surface area contributed by atoms with Gasteiger partial charge >= 0.3 is 11.9 Å². The summed E-state index contributed by atoms with van der Waals surface area (Å²) < 4.78 is 39.7. The first-order valence-corrected chi connectivity index (χ1v) is 10.7. The van der Waals surface area contributed by atoms with Crippen molar-refractivity contribution in [1.29, 1.82) is 5.26 Å². The van der Waals surface area contributed by atoms with Gasteiger partial charge in [-0.3, -0.25) is 4.57 Å². The van der Waals surface area contributed by atoms with E-state index in [1.807, 2.05) is 17.0 Å². The summed E-state index contributed by atoms with van der Waals surface area (Å²) in [4.78, 5) is 24.9. The molecule has 0 saturated carbocycles. The molecule has 0 spiro atoms. The molecule has 1 saturated heterocycles.